The van der Waals surface area contributed by atoms with E-state index in [0.717, 1.165) is 13.3 Å². The lowest BCUT2D eigenvalue weighted by Crippen LogP contribution is -2.17. The minimum Gasteiger partial charge on any atom is -0.481 e. The standard InChI is InChI=1S/C23H16F5N3O2/c1-33-22-17(23(26,27)28)9-15(11-30-22)31-21(32)8-13-3-2-12(7-19(13)25)14-6-16-18(24)4-5-20(16)29-10-14/h2-4,6-7,9-11H,5,8H2,1H3,(H,31,32). The molecule has 4 rings (SSSR count). The van der Waals surface area contributed by atoms with E-state index in [4.69, 9.17) is 0 Å². The monoisotopic (exact) mass is 461 g/mol. The van der Waals surface area contributed by atoms with Gasteiger partial charge in [-0.2, -0.15) is 13.2 Å². The summed E-state index contributed by atoms with van der Waals surface area (Å²) in [6, 6.07) is 6.41. The predicted molar refractivity (Wildman–Crippen MR) is 111 cm³/mol. The summed E-state index contributed by atoms with van der Waals surface area (Å²) < 4.78 is 72.4. The van der Waals surface area contributed by atoms with Gasteiger partial charge in [0.15, 0.2) is 0 Å². The summed E-state index contributed by atoms with van der Waals surface area (Å²) in [5.41, 5.74) is 0.610. The van der Waals surface area contributed by atoms with Gasteiger partial charge in [0.25, 0.3) is 0 Å². The average molecular weight is 461 g/mol. The summed E-state index contributed by atoms with van der Waals surface area (Å²) in [7, 11) is 1.05. The van der Waals surface area contributed by atoms with Crippen LogP contribution in [0.2, 0.25) is 0 Å². The molecule has 10 heteroatoms. The number of aromatic nitrogens is 2. The number of halogens is 5. The molecule has 33 heavy (non-hydrogen) atoms. The molecule has 2 aromatic heterocycles. The molecule has 170 valence electrons. The van der Waals surface area contributed by atoms with Gasteiger partial charge >= 0.3 is 6.18 Å². The maximum absolute atomic E-state index is 14.6. The van der Waals surface area contributed by atoms with E-state index in [9.17, 15) is 26.7 Å². The molecular weight excluding hydrogens is 445 g/mol. The first-order valence-electron chi connectivity index (χ1n) is 9.70. The first-order valence-corrected chi connectivity index (χ1v) is 9.70. The van der Waals surface area contributed by atoms with Gasteiger partial charge in [-0.15, -0.1) is 0 Å². The number of amides is 1. The van der Waals surface area contributed by atoms with Gasteiger partial charge in [0.05, 0.1) is 31.1 Å². The number of pyridine rings is 2. The topological polar surface area (TPSA) is 64.1 Å². The highest BCUT2D eigenvalue weighted by molar-refractivity contribution is 5.92. The Hall–Kier alpha value is -3.82. The molecule has 0 unspecified atom stereocenters. The SMILES string of the molecule is COc1ncc(NC(=O)Cc2ccc(-c3cnc4c(c3)C(F)=CC4)cc2F)cc1C(F)(F)F. The van der Waals surface area contributed by atoms with Gasteiger partial charge in [-0.1, -0.05) is 12.1 Å². The molecule has 1 amide bonds. The third-order valence-corrected chi connectivity index (χ3v) is 5.07. The lowest BCUT2D eigenvalue weighted by Gasteiger charge is -2.13. The quantitative estimate of drug-likeness (QED) is 0.520. The number of carbonyl (C=O) groups excluding carboxylic acids is 1. The number of nitrogens with one attached hydrogen (secondary N) is 1. The summed E-state index contributed by atoms with van der Waals surface area (Å²) in [5.74, 6) is -2.43. The van der Waals surface area contributed by atoms with E-state index in [1.54, 1.807) is 12.1 Å². The van der Waals surface area contributed by atoms with Gasteiger partial charge in [0, 0.05) is 23.7 Å². The van der Waals surface area contributed by atoms with E-state index in [-0.39, 0.29) is 17.1 Å². The highest BCUT2D eigenvalue weighted by Gasteiger charge is 2.35. The van der Waals surface area contributed by atoms with Gasteiger partial charge < -0.3 is 10.1 Å². The van der Waals surface area contributed by atoms with E-state index in [1.807, 2.05) is 0 Å². The number of methoxy groups -OCH3 is 1. The number of hydrogen-bond acceptors (Lipinski definition) is 4. The summed E-state index contributed by atoms with van der Waals surface area (Å²) in [4.78, 5) is 20.0. The molecule has 2 heterocycles. The minimum absolute atomic E-state index is 0.0361. The van der Waals surface area contributed by atoms with Crippen LogP contribution >= 0.6 is 0 Å². The number of alkyl halides is 3. The Balaban J connectivity index is 1.50. The number of anilines is 1. The van der Waals surface area contributed by atoms with Gasteiger partial charge in [0.1, 0.15) is 17.2 Å². The van der Waals surface area contributed by atoms with Crippen molar-refractivity contribution >= 4 is 17.4 Å². The van der Waals surface area contributed by atoms with Crippen molar-refractivity contribution in [2.45, 2.75) is 19.0 Å². The molecule has 0 saturated heterocycles. The number of rotatable bonds is 5. The zero-order chi connectivity index (χ0) is 23.8. The maximum Gasteiger partial charge on any atom is 0.421 e. The highest BCUT2D eigenvalue weighted by Crippen LogP contribution is 2.36. The van der Waals surface area contributed by atoms with Crippen molar-refractivity contribution in [3.63, 3.8) is 0 Å². The van der Waals surface area contributed by atoms with E-state index in [2.05, 4.69) is 20.0 Å². The minimum atomic E-state index is -4.73. The first-order chi connectivity index (χ1) is 15.7. The summed E-state index contributed by atoms with van der Waals surface area (Å²) >= 11 is 0. The molecule has 0 radical (unpaired) electrons. The number of carbonyl (C=O) groups is 1. The molecule has 0 spiro atoms. The van der Waals surface area contributed by atoms with E-state index >= 15 is 0 Å². The van der Waals surface area contributed by atoms with Gasteiger partial charge in [-0.25, -0.2) is 13.8 Å². The fraction of sp³-hybridized carbons (Fsp3) is 0.174. The van der Waals surface area contributed by atoms with E-state index in [1.165, 1.54) is 24.4 Å². The smallest absolute Gasteiger partial charge is 0.421 e. The Bertz CT molecular complexity index is 1270. The molecule has 0 fully saturated rings. The van der Waals surface area contributed by atoms with Crippen molar-refractivity contribution in [2.75, 3.05) is 12.4 Å². The molecule has 5 nitrogen and oxygen atoms in total. The average Bonchev–Trinajstić information content (AvgIpc) is 3.14. The lowest BCUT2D eigenvalue weighted by molar-refractivity contribution is -0.139. The third kappa shape index (κ3) is 4.69. The largest absolute Gasteiger partial charge is 0.481 e. The number of benzene rings is 1. The summed E-state index contributed by atoms with van der Waals surface area (Å²) in [6.45, 7) is 0. The van der Waals surface area contributed by atoms with Gasteiger partial charge in [-0.3, -0.25) is 9.78 Å². The Morgan fingerprint density at radius 1 is 1.09 bits per heavy atom. The van der Waals surface area contributed by atoms with E-state index < -0.39 is 35.8 Å². The van der Waals surface area contributed by atoms with Crippen LogP contribution in [-0.2, 0) is 23.8 Å². The fourth-order valence-electron chi connectivity index (χ4n) is 3.45. The van der Waals surface area contributed by atoms with Crippen molar-refractivity contribution < 1.29 is 31.5 Å². The Morgan fingerprint density at radius 2 is 1.88 bits per heavy atom. The molecule has 0 saturated carbocycles. The molecule has 0 aliphatic heterocycles. The van der Waals surface area contributed by atoms with Crippen LogP contribution in [-0.4, -0.2) is 23.0 Å². The van der Waals surface area contributed by atoms with Crippen LogP contribution in [0.15, 0.2) is 48.8 Å². The molecule has 1 aromatic carbocycles. The molecule has 0 bridgehead atoms. The zero-order valence-corrected chi connectivity index (χ0v) is 17.1. The normalized spacial score (nSPS) is 12.8. The van der Waals surface area contributed by atoms with Crippen LogP contribution in [0.3, 0.4) is 0 Å². The number of hydrogen-bond donors (Lipinski definition) is 1. The van der Waals surface area contributed by atoms with Gasteiger partial charge in [0.2, 0.25) is 11.8 Å². The molecule has 0 atom stereocenters. The van der Waals surface area contributed by atoms with Crippen LogP contribution in [0.1, 0.15) is 22.4 Å². The second kappa shape index (κ2) is 8.61. The molecule has 1 aliphatic rings. The summed E-state index contributed by atoms with van der Waals surface area (Å²) in [6.07, 6.45) is -0.801. The molecular formula is C23H16F5N3O2. The lowest BCUT2D eigenvalue weighted by atomic mass is 10.0. The van der Waals surface area contributed by atoms with Crippen LogP contribution in [0.5, 0.6) is 5.88 Å². The number of fused-ring (bicyclic) bond motifs is 1. The first kappa shape index (κ1) is 22.4. The fourth-order valence-corrected chi connectivity index (χ4v) is 3.45. The number of nitrogens with zero attached hydrogens (tertiary/aromatic N) is 2. The number of allylic oxidation sites excluding steroid dienone is 1. The van der Waals surface area contributed by atoms with Crippen LogP contribution in [0, 0.1) is 5.82 Å². The van der Waals surface area contributed by atoms with Crippen LogP contribution in [0.4, 0.5) is 27.6 Å². The number of ether oxygens (including phenoxy) is 1. The van der Waals surface area contributed by atoms with Crippen molar-refractivity contribution in [3.05, 3.63) is 77.0 Å². The van der Waals surface area contributed by atoms with Crippen LogP contribution in [0.25, 0.3) is 17.0 Å². The predicted octanol–water partition coefficient (Wildman–Crippen LogP) is 5.36. The molecule has 1 N–H and O–H groups in total. The Labute approximate surface area is 184 Å². The molecule has 1 aliphatic carbocycles. The van der Waals surface area contributed by atoms with Crippen molar-refractivity contribution in [1.29, 1.82) is 0 Å². The third-order valence-electron chi connectivity index (χ3n) is 5.07. The van der Waals surface area contributed by atoms with Crippen molar-refractivity contribution in [2.24, 2.45) is 0 Å². The Kier molecular flexibility index (Phi) is 5.84. The van der Waals surface area contributed by atoms with Crippen molar-refractivity contribution in [3.8, 4) is 17.0 Å². The summed E-state index contributed by atoms with van der Waals surface area (Å²) in [5, 5.41) is 2.28. The second-order valence-electron chi connectivity index (χ2n) is 7.28. The maximum atomic E-state index is 14.6. The highest BCUT2D eigenvalue weighted by atomic mass is 19.4. The Morgan fingerprint density at radius 3 is 2.58 bits per heavy atom. The van der Waals surface area contributed by atoms with Gasteiger partial charge in [-0.05, 0) is 35.4 Å². The van der Waals surface area contributed by atoms with E-state index in [0.29, 0.717) is 34.9 Å². The zero-order valence-electron chi connectivity index (χ0n) is 17.1. The molecule has 3 aromatic rings. The van der Waals surface area contributed by atoms with Crippen LogP contribution < -0.4 is 10.1 Å². The van der Waals surface area contributed by atoms with Crippen molar-refractivity contribution in [1.82, 2.24) is 9.97 Å². The second-order valence-corrected chi connectivity index (χ2v) is 7.28.